The van der Waals surface area contributed by atoms with Gasteiger partial charge < -0.3 is 10.1 Å². The lowest BCUT2D eigenvalue weighted by molar-refractivity contribution is -0.112. The zero-order chi connectivity index (χ0) is 23.3. The Hall–Kier alpha value is -2.59. The third-order valence-corrected chi connectivity index (χ3v) is 6.22. The molecule has 0 fully saturated rings. The number of hydrogen-bond acceptors (Lipinski definition) is 3. The molecule has 0 unspecified atom stereocenters. The van der Waals surface area contributed by atoms with Crippen LogP contribution in [0.25, 0.3) is 6.08 Å². The zero-order valence-corrected chi connectivity index (χ0v) is 21.3. The largest absolute Gasteiger partial charge is 0.487 e. The number of carbonyl (C=O) groups excluding carboxylic acids is 1. The van der Waals surface area contributed by atoms with Crippen LogP contribution in [-0.2, 0) is 11.4 Å². The van der Waals surface area contributed by atoms with Gasteiger partial charge in [0.25, 0.3) is 5.91 Å². The minimum atomic E-state index is -0.514. The summed E-state index contributed by atoms with van der Waals surface area (Å²) in [7, 11) is 0. The van der Waals surface area contributed by atoms with Gasteiger partial charge in [0, 0.05) is 10.7 Å². The Kier molecular flexibility index (Phi) is 8.14. The normalized spacial score (nSPS) is 11.1. The summed E-state index contributed by atoms with van der Waals surface area (Å²) in [6.07, 6.45) is 1.52. The fraction of sp³-hybridized carbons (Fsp3) is 0.120. The van der Waals surface area contributed by atoms with Crippen LogP contribution in [0.4, 0.5) is 5.69 Å². The van der Waals surface area contributed by atoms with E-state index in [1.807, 2.05) is 44.2 Å². The summed E-state index contributed by atoms with van der Waals surface area (Å²) in [6, 6.07) is 18.9. The lowest BCUT2D eigenvalue weighted by atomic mass is 10.1. The number of anilines is 1. The van der Waals surface area contributed by atoms with Crippen LogP contribution in [-0.4, -0.2) is 5.91 Å². The Bertz CT molecular complexity index is 1210. The molecule has 0 spiro atoms. The second-order valence-corrected chi connectivity index (χ2v) is 9.29. The van der Waals surface area contributed by atoms with Gasteiger partial charge in [0.05, 0.1) is 8.95 Å². The number of rotatable bonds is 6. The number of nitrogens with one attached hydrogen (secondary N) is 1. The zero-order valence-electron chi connectivity index (χ0n) is 17.4. The number of nitrogens with zero attached hydrogens (tertiary/aromatic N) is 1. The highest BCUT2D eigenvalue weighted by Crippen LogP contribution is 2.36. The second kappa shape index (κ2) is 10.8. The first-order chi connectivity index (χ1) is 15.3. The maximum Gasteiger partial charge on any atom is 0.266 e. The molecule has 0 saturated carbocycles. The average molecular weight is 575 g/mol. The minimum Gasteiger partial charge on any atom is -0.487 e. The van der Waals surface area contributed by atoms with E-state index in [0.29, 0.717) is 37.6 Å². The van der Waals surface area contributed by atoms with Crippen molar-refractivity contribution in [1.29, 1.82) is 5.26 Å². The molecule has 3 aromatic carbocycles. The smallest absolute Gasteiger partial charge is 0.266 e. The number of benzene rings is 3. The van der Waals surface area contributed by atoms with Gasteiger partial charge in [-0.1, -0.05) is 47.5 Å². The lowest BCUT2D eigenvalue weighted by Crippen LogP contribution is -2.13. The second-order valence-electron chi connectivity index (χ2n) is 7.18. The van der Waals surface area contributed by atoms with E-state index in [-0.39, 0.29) is 5.57 Å². The van der Waals surface area contributed by atoms with Crippen molar-refractivity contribution in [3.63, 3.8) is 0 Å². The summed E-state index contributed by atoms with van der Waals surface area (Å²) in [5.74, 6) is 0.124. The highest BCUT2D eigenvalue weighted by Gasteiger charge is 2.13. The number of nitriles is 1. The van der Waals surface area contributed by atoms with Crippen LogP contribution in [0.2, 0.25) is 5.02 Å². The molecule has 0 aliphatic heterocycles. The predicted molar refractivity (Wildman–Crippen MR) is 136 cm³/mol. The molecular weight excluding hydrogens is 556 g/mol. The average Bonchev–Trinajstić information content (AvgIpc) is 2.75. The van der Waals surface area contributed by atoms with Gasteiger partial charge >= 0.3 is 0 Å². The highest BCUT2D eigenvalue weighted by atomic mass is 79.9. The number of carbonyl (C=O) groups is 1. The van der Waals surface area contributed by atoms with Crippen molar-refractivity contribution in [2.45, 2.75) is 20.5 Å². The van der Waals surface area contributed by atoms with E-state index in [0.717, 1.165) is 11.1 Å². The van der Waals surface area contributed by atoms with Crippen molar-refractivity contribution in [3.8, 4) is 11.8 Å². The fourth-order valence-corrected chi connectivity index (χ4v) is 4.46. The molecule has 7 heteroatoms. The third kappa shape index (κ3) is 6.23. The van der Waals surface area contributed by atoms with Gasteiger partial charge in [0.15, 0.2) is 0 Å². The van der Waals surface area contributed by atoms with Gasteiger partial charge in [-0.15, -0.1) is 0 Å². The van der Waals surface area contributed by atoms with E-state index in [1.165, 1.54) is 11.6 Å². The molecular formula is C25H19Br2ClN2O2. The monoisotopic (exact) mass is 572 g/mol. The van der Waals surface area contributed by atoms with Crippen molar-refractivity contribution < 1.29 is 9.53 Å². The third-order valence-electron chi connectivity index (χ3n) is 4.63. The SMILES string of the molecule is Cc1ccc(COc2c(Br)cc(/C=C(/C#N)C(=O)Nc3ccc(C)c(Cl)c3)cc2Br)cc1. The van der Waals surface area contributed by atoms with Gasteiger partial charge in [-0.3, -0.25) is 4.79 Å². The van der Waals surface area contributed by atoms with Crippen LogP contribution < -0.4 is 10.1 Å². The quantitative estimate of drug-likeness (QED) is 0.244. The van der Waals surface area contributed by atoms with Gasteiger partial charge in [0.1, 0.15) is 24.0 Å². The molecule has 0 aromatic heterocycles. The molecule has 4 nitrogen and oxygen atoms in total. The first-order valence-corrected chi connectivity index (χ1v) is 11.6. The number of aryl methyl sites for hydroxylation is 2. The molecule has 0 heterocycles. The molecule has 32 heavy (non-hydrogen) atoms. The summed E-state index contributed by atoms with van der Waals surface area (Å²) in [6.45, 7) is 4.33. The van der Waals surface area contributed by atoms with E-state index < -0.39 is 5.91 Å². The van der Waals surface area contributed by atoms with Gasteiger partial charge in [-0.05, 0) is 92.7 Å². The van der Waals surface area contributed by atoms with Crippen molar-refractivity contribution >= 4 is 61.1 Å². The predicted octanol–water partition coefficient (Wildman–Crippen LogP) is 7.61. The standard InChI is InChI=1S/C25H19Br2ClN2O2/c1-15-3-6-17(7-4-15)14-32-24-21(26)10-18(11-22(24)27)9-19(13-29)25(31)30-20-8-5-16(2)23(28)12-20/h3-12H,14H2,1-2H3,(H,30,31)/b19-9-. The minimum absolute atomic E-state index is 0.0335. The lowest BCUT2D eigenvalue weighted by Gasteiger charge is -2.12. The summed E-state index contributed by atoms with van der Waals surface area (Å²) < 4.78 is 7.36. The van der Waals surface area contributed by atoms with Crippen molar-refractivity contribution in [3.05, 3.63) is 96.4 Å². The molecule has 0 radical (unpaired) electrons. The van der Waals surface area contributed by atoms with Gasteiger partial charge in [-0.2, -0.15) is 5.26 Å². The number of ether oxygens (including phenoxy) is 1. The maximum atomic E-state index is 12.6. The van der Waals surface area contributed by atoms with Crippen LogP contribution >= 0.6 is 43.5 Å². The molecule has 0 atom stereocenters. The molecule has 1 N–H and O–H groups in total. The van der Waals surface area contributed by atoms with E-state index in [9.17, 15) is 10.1 Å². The Morgan fingerprint density at radius 1 is 1.09 bits per heavy atom. The summed E-state index contributed by atoms with van der Waals surface area (Å²) in [4.78, 5) is 12.6. The molecule has 3 rings (SSSR count). The van der Waals surface area contributed by atoms with Gasteiger partial charge in [0.2, 0.25) is 0 Å². The van der Waals surface area contributed by atoms with Crippen molar-refractivity contribution in [2.75, 3.05) is 5.32 Å². The topological polar surface area (TPSA) is 62.1 Å². The maximum absolute atomic E-state index is 12.6. The molecule has 1 amide bonds. The Morgan fingerprint density at radius 3 is 2.34 bits per heavy atom. The number of amides is 1. The summed E-state index contributed by atoms with van der Waals surface area (Å²) in [5.41, 5.74) is 4.30. The molecule has 0 bridgehead atoms. The van der Waals surface area contributed by atoms with Crippen molar-refractivity contribution in [1.82, 2.24) is 0 Å². The molecule has 0 aliphatic rings. The van der Waals surface area contributed by atoms with Crippen molar-refractivity contribution in [2.24, 2.45) is 0 Å². The summed E-state index contributed by atoms with van der Waals surface area (Å²) in [5, 5.41) is 12.7. The first-order valence-electron chi connectivity index (χ1n) is 9.63. The Morgan fingerprint density at radius 2 is 1.75 bits per heavy atom. The van der Waals surface area contributed by atoms with Gasteiger partial charge in [-0.25, -0.2) is 0 Å². The number of halogens is 3. The van der Waals surface area contributed by atoms with Crippen LogP contribution in [0, 0.1) is 25.2 Å². The molecule has 3 aromatic rings. The van der Waals surface area contributed by atoms with Crippen LogP contribution in [0.5, 0.6) is 5.75 Å². The molecule has 0 aliphatic carbocycles. The highest BCUT2D eigenvalue weighted by molar-refractivity contribution is 9.11. The number of hydrogen-bond donors (Lipinski definition) is 1. The van der Waals surface area contributed by atoms with E-state index in [1.54, 1.807) is 30.3 Å². The van der Waals surface area contributed by atoms with Crippen LogP contribution in [0.1, 0.15) is 22.3 Å². The Balaban J connectivity index is 1.77. The van der Waals surface area contributed by atoms with E-state index in [2.05, 4.69) is 37.2 Å². The van der Waals surface area contributed by atoms with Crippen LogP contribution in [0.3, 0.4) is 0 Å². The summed E-state index contributed by atoms with van der Waals surface area (Å²) >= 11 is 13.1. The van der Waals surface area contributed by atoms with E-state index >= 15 is 0 Å². The Labute approximate surface area is 209 Å². The molecule has 162 valence electrons. The first kappa shape index (κ1) is 24.1. The molecule has 0 saturated heterocycles. The van der Waals surface area contributed by atoms with Crippen LogP contribution in [0.15, 0.2) is 69.1 Å². The van der Waals surface area contributed by atoms with E-state index in [4.69, 9.17) is 16.3 Å². The fourth-order valence-electron chi connectivity index (χ4n) is 2.82.